The van der Waals surface area contributed by atoms with Crippen molar-refractivity contribution >= 4 is 31.6 Å². The van der Waals surface area contributed by atoms with Gasteiger partial charge in [-0.05, 0) is 6.08 Å². The van der Waals surface area contributed by atoms with Crippen LogP contribution < -0.4 is 0 Å². The average Bonchev–Trinajstić information content (AvgIpc) is 1.62. The molecular weight excluding hydrogens is 187 g/mol. The predicted octanol–water partition coefficient (Wildman–Crippen LogP) is 1.24. The molecule has 0 bridgehead atoms. The topological polar surface area (TPSA) is 43.4 Å². The fraction of sp³-hybridized carbons (Fsp3) is 0.333. The summed E-state index contributed by atoms with van der Waals surface area (Å²) < 4.78 is 24.0. The summed E-state index contributed by atoms with van der Waals surface area (Å²) in [6, 6.07) is 0. The summed E-state index contributed by atoms with van der Waals surface area (Å²) in [7, 11) is 0.658. The fourth-order valence-corrected chi connectivity index (χ4v) is 1.08. The molecular formula is C3H4Cl2O3S. The van der Waals surface area contributed by atoms with Crippen molar-refractivity contribution in [1.29, 1.82) is 0 Å². The van der Waals surface area contributed by atoms with Crippen molar-refractivity contribution in [2.45, 2.75) is 5.56 Å². The number of hydrogen-bond donors (Lipinski definition) is 0. The lowest BCUT2D eigenvalue weighted by Crippen LogP contribution is -2.04. The second kappa shape index (κ2) is 3.41. The molecule has 0 aromatic heterocycles. The van der Waals surface area contributed by atoms with Gasteiger partial charge < -0.3 is 0 Å². The largest absolute Gasteiger partial charge is 0.357 e. The summed E-state index contributed by atoms with van der Waals surface area (Å²) in [4.78, 5) is 0. The Balaban J connectivity index is 3.89. The third-order valence-electron chi connectivity index (χ3n) is 0.392. The Labute approximate surface area is 62.8 Å². The van der Waals surface area contributed by atoms with E-state index in [9.17, 15) is 8.42 Å². The van der Waals surface area contributed by atoms with Crippen molar-refractivity contribution in [3.63, 3.8) is 0 Å². The van der Waals surface area contributed by atoms with Crippen molar-refractivity contribution in [3.8, 4) is 0 Å². The molecule has 0 aliphatic rings. The van der Waals surface area contributed by atoms with Gasteiger partial charge in [0.1, 0.15) is 0 Å². The molecule has 0 rings (SSSR count). The van der Waals surface area contributed by atoms with Crippen molar-refractivity contribution in [2.24, 2.45) is 0 Å². The maximum atomic E-state index is 10.0. The molecule has 0 aliphatic carbocycles. The Hall–Kier alpha value is 0.230. The van der Waals surface area contributed by atoms with Gasteiger partial charge in [-0.15, -0.1) is 0 Å². The van der Waals surface area contributed by atoms with E-state index in [2.05, 4.69) is 21.4 Å². The van der Waals surface area contributed by atoms with Crippen LogP contribution in [0.15, 0.2) is 12.7 Å². The summed E-state index contributed by atoms with van der Waals surface area (Å²) in [6.45, 7) is 3.16. The molecule has 0 radical (unpaired) electrons. The first kappa shape index (κ1) is 9.23. The van der Waals surface area contributed by atoms with Crippen LogP contribution in [0.25, 0.3) is 0 Å². The molecule has 0 spiro atoms. The van der Waals surface area contributed by atoms with Gasteiger partial charge in [-0.25, -0.2) is 4.18 Å². The Morgan fingerprint density at radius 2 is 2.11 bits per heavy atom. The first-order valence-electron chi connectivity index (χ1n) is 1.85. The van der Waals surface area contributed by atoms with Crippen LogP contribution >= 0.6 is 22.3 Å². The molecule has 0 saturated carbocycles. The van der Waals surface area contributed by atoms with Gasteiger partial charge in [0.2, 0.25) is 0 Å². The minimum absolute atomic E-state index is 1.09. The van der Waals surface area contributed by atoms with Crippen molar-refractivity contribution < 1.29 is 12.6 Å². The standard InChI is InChI=1S/C3H4Cl2O3S/c1-2-3(4)8-9(5,6)7/h2-3H,1H2. The third kappa shape index (κ3) is 6.11. The molecule has 0 fully saturated rings. The van der Waals surface area contributed by atoms with Crippen LogP contribution in [0.4, 0.5) is 0 Å². The minimum atomic E-state index is -3.97. The van der Waals surface area contributed by atoms with Crippen LogP contribution in [0.1, 0.15) is 0 Å². The highest BCUT2D eigenvalue weighted by Gasteiger charge is 2.09. The summed E-state index contributed by atoms with van der Waals surface area (Å²) in [6.07, 6.45) is 1.10. The van der Waals surface area contributed by atoms with Crippen LogP contribution in [0, 0.1) is 0 Å². The first-order valence-corrected chi connectivity index (χ1v) is 4.52. The monoisotopic (exact) mass is 190 g/mol. The Morgan fingerprint density at radius 1 is 1.67 bits per heavy atom. The molecule has 0 aromatic carbocycles. The second-order valence-corrected chi connectivity index (χ2v) is 3.62. The lowest BCUT2D eigenvalue weighted by atomic mass is 10.7. The van der Waals surface area contributed by atoms with Crippen LogP contribution in [-0.4, -0.2) is 14.0 Å². The van der Waals surface area contributed by atoms with Crippen LogP contribution in [-0.2, 0) is 13.5 Å². The highest BCUT2D eigenvalue weighted by molar-refractivity contribution is 8.10. The molecule has 3 nitrogen and oxygen atoms in total. The van der Waals surface area contributed by atoms with E-state index in [1.165, 1.54) is 0 Å². The number of rotatable bonds is 3. The normalized spacial score (nSPS) is 14.9. The van der Waals surface area contributed by atoms with Crippen LogP contribution in [0.2, 0.25) is 0 Å². The highest BCUT2D eigenvalue weighted by Crippen LogP contribution is 2.07. The third-order valence-corrected chi connectivity index (χ3v) is 1.42. The molecule has 0 heterocycles. The second-order valence-electron chi connectivity index (χ2n) is 1.08. The van der Waals surface area contributed by atoms with E-state index in [1.807, 2.05) is 0 Å². The molecule has 1 atom stereocenters. The van der Waals surface area contributed by atoms with Gasteiger partial charge >= 0.3 is 9.33 Å². The zero-order valence-corrected chi connectivity index (χ0v) is 6.58. The molecule has 0 N–H and O–H groups in total. The van der Waals surface area contributed by atoms with E-state index in [1.54, 1.807) is 0 Å². The van der Waals surface area contributed by atoms with E-state index in [4.69, 9.17) is 11.6 Å². The van der Waals surface area contributed by atoms with Gasteiger partial charge in [-0.2, -0.15) is 8.42 Å². The van der Waals surface area contributed by atoms with Gasteiger partial charge in [0.15, 0.2) is 5.56 Å². The van der Waals surface area contributed by atoms with Crippen LogP contribution in [0.3, 0.4) is 0 Å². The lowest BCUT2D eigenvalue weighted by molar-refractivity contribution is 0.337. The van der Waals surface area contributed by atoms with Gasteiger partial charge in [-0.3, -0.25) is 0 Å². The highest BCUT2D eigenvalue weighted by atomic mass is 35.7. The summed E-state index contributed by atoms with van der Waals surface area (Å²) in [5.74, 6) is 0. The molecule has 0 amide bonds. The number of alkyl halides is 1. The first-order chi connectivity index (χ1) is 3.95. The van der Waals surface area contributed by atoms with E-state index < -0.39 is 14.9 Å². The van der Waals surface area contributed by atoms with E-state index >= 15 is 0 Å². The van der Waals surface area contributed by atoms with E-state index in [0.717, 1.165) is 6.08 Å². The summed E-state index contributed by atoms with van der Waals surface area (Å²) in [5, 5.41) is 0. The Bertz CT molecular complexity index is 185. The van der Waals surface area contributed by atoms with Crippen molar-refractivity contribution in [3.05, 3.63) is 12.7 Å². The lowest BCUT2D eigenvalue weighted by Gasteiger charge is -1.98. The van der Waals surface area contributed by atoms with Gasteiger partial charge in [0.25, 0.3) is 0 Å². The number of halogens is 2. The van der Waals surface area contributed by atoms with Gasteiger partial charge in [0, 0.05) is 10.7 Å². The number of hydrogen-bond acceptors (Lipinski definition) is 3. The van der Waals surface area contributed by atoms with E-state index in [0.29, 0.717) is 0 Å². The Kier molecular flexibility index (Phi) is 3.50. The maximum Gasteiger partial charge on any atom is 0.357 e. The average molecular weight is 191 g/mol. The van der Waals surface area contributed by atoms with Crippen molar-refractivity contribution in [1.82, 2.24) is 0 Å². The van der Waals surface area contributed by atoms with E-state index in [-0.39, 0.29) is 0 Å². The molecule has 1 unspecified atom stereocenters. The zero-order chi connectivity index (χ0) is 7.49. The van der Waals surface area contributed by atoms with Crippen LogP contribution in [0.5, 0.6) is 0 Å². The maximum absolute atomic E-state index is 10.0. The minimum Gasteiger partial charge on any atom is -0.234 e. The van der Waals surface area contributed by atoms with Gasteiger partial charge in [-0.1, -0.05) is 18.2 Å². The SMILES string of the molecule is C=CC(Cl)OS(=O)(=O)Cl. The molecule has 0 aliphatic heterocycles. The zero-order valence-electron chi connectivity index (χ0n) is 4.25. The summed E-state index contributed by atoms with van der Waals surface area (Å²) >= 11 is 5.15. The Morgan fingerprint density at radius 3 is 2.22 bits per heavy atom. The van der Waals surface area contributed by atoms with Gasteiger partial charge in [0.05, 0.1) is 0 Å². The molecule has 6 heteroatoms. The quantitative estimate of drug-likeness (QED) is 0.383. The smallest absolute Gasteiger partial charge is 0.234 e. The molecule has 9 heavy (non-hydrogen) atoms. The predicted molar refractivity (Wildman–Crippen MR) is 35.7 cm³/mol. The molecule has 0 saturated heterocycles. The van der Waals surface area contributed by atoms with Crippen molar-refractivity contribution in [2.75, 3.05) is 0 Å². The fourth-order valence-electron chi connectivity index (χ4n) is 0.149. The molecule has 54 valence electrons. The molecule has 0 aromatic rings. The summed E-state index contributed by atoms with van der Waals surface area (Å²) in [5.41, 5.74) is -1.09.